The van der Waals surface area contributed by atoms with E-state index in [9.17, 15) is 4.79 Å². The molecule has 0 saturated heterocycles. The molecule has 1 N–H and O–H groups in total. The van der Waals surface area contributed by atoms with Gasteiger partial charge in [-0.2, -0.15) is 0 Å². The number of carbonyl (C=O) groups is 1. The molecule has 0 aliphatic rings. The first kappa shape index (κ1) is 19.4. The van der Waals surface area contributed by atoms with Gasteiger partial charge in [-0.05, 0) is 61.1 Å². The maximum atomic E-state index is 12.2. The van der Waals surface area contributed by atoms with Gasteiger partial charge in [0.15, 0.2) is 0 Å². The lowest BCUT2D eigenvalue weighted by atomic mass is 9.89. The maximum absolute atomic E-state index is 12.2. The molecule has 2 unspecified atom stereocenters. The number of rotatable bonds is 9. The number of esters is 1. The Morgan fingerprint density at radius 3 is 2.20 bits per heavy atom. The van der Waals surface area contributed by atoms with Crippen molar-refractivity contribution >= 4 is 5.97 Å². The Hall–Kier alpha value is -0.610. The summed E-state index contributed by atoms with van der Waals surface area (Å²) in [6, 6.07) is 0.290. The summed E-state index contributed by atoms with van der Waals surface area (Å²) in [5, 5.41) is 3.30. The van der Waals surface area contributed by atoms with Crippen LogP contribution in [0.4, 0.5) is 0 Å². The second-order valence-corrected chi connectivity index (χ2v) is 6.41. The van der Waals surface area contributed by atoms with Gasteiger partial charge in [0, 0.05) is 11.6 Å². The molecule has 0 rings (SSSR count). The predicted octanol–water partition coefficient (Wildman–Crippen LogP) is 2.82. The zero-order valence-corrected chi connectivity index (χ0v) is 14.7. The Kier molecular flexibility index (Phi) is 7.74. The standard InChI is InChI=1S/C16H34N2O2/c1-9-15(5,6)18(8)13(4)12-16(7,17-10-2)14(19)20-11-3/h13,17H,9-12H2,1-8H3. The third-order valence-corrected chi connectivity index (χ3v) is 4.48. The van der Waals surface area contributed by atoms with Crippen LogP contribution < -0.4 is 5.32 Å². The van der Waals surface area contributed by atoms with Crippen molar-refractivity contribution < 1.29 is 9.53 Å². The van der Waals surface area contributed by atoms with Crippen molar-refractivity contribution in [3.63, 3.8) is 0 Å². The van der Waals surface area contributed by atoms with Crippen LogP contribution in [-0.2, 0) is 9.53 Å². The van der Waals surface area contributed by atoms with Crippen LogP contribution in [0.15, 0.2) is 0 Å². The highest BCUT2D eigenvalue weighted by Gasteiger charge is 2.38. The van der Waals surface area contributed by atoms with Gasteiger partial charge in [0.05, 0.1) is 6.61 Å². The lowest BCUT2D eigenvalue weighted by Gasteiger charge is -2.42. The molecule has 0 aliphatic carbocycles. The predicted molar refractivity (Wildman–Crippen MR) is 84.9 cm³/mol. The first-order chi connectivity index (χ1) is 9.14. The summed E-state index contributed by atoms with van der Waals surface area (Å²) in [4.78, 5) is 14.6. The molecule has 0 saturated carbocycles. The van der Waals surface area contributed by atoms with E-state index in [1.165, 1.54) is 0 Å². The third-order valence-electron chi connectivity index (χ3n) is 4.48. The number of nitrogens with one attached hydrogen (secondary N) is 1. The van der Waals surface area contributed by atoms with Crippen LogP contribution in [-0.4, -0.2) is 48.2 Å². The van der Waals surface area contributed by atoms with E-state index in [1.807, 2.05) is 20.8 Å². The smallest absolute Gasteiger partial charge is 0.326 e. The van der Waals surface area contributed by atoms with E-state index in [-0.39, 0.29) is 11.5 Å². The van der Waals surface area contributed by atoms with Crippen molar-refractivity contribution in [3.05, 3.63) is 0 Å². The molecule has 0 bridgehead atoms. The molecule has 0 amide bonds. The van der Waals surface area contributed by atoms with Gasteiger partial charge in [0.2, 0.25) is 0 Å². The second-order valence-electron chi connectivity index (χ2n) is 6.41. The van der Waals surface area contributed by atoms with Gasteiger partial charge < -0.3 is 10.1 Å². The highest BCUT2D eigenvalue weighted by molar-refractivity contribution is 5.80. The fourth-order valence-electron chi connectivity index (χ4n) is 2.48. The molecule has 0 radical (unpaired) electrons. The molecule has 0 aliphatic heterocycles. The van der Waals surface area contributed by atoms with E-state index in [1.54, 1.807) is 0 Å². The molecule has 20 heavy (non-hydrogen) atoms. The number of likely N-dealkylation sites (N-methyl/N-ethyl adjacent to an activating group) is 1. The zero-order chi connectivity index (χ0) is 16.0. The molecular weight excluding hydrogens is 252 g/mol. The zero-order valence-electron chi connectivity index (χ0n) is 14.7. The second kappa shape index (κ2) is 7.99. The molecule has 2 atom stereocenters. The summed E-state index contributed by atoms with van der Waals surface area (Å²) < 4.78 is 5.23. The van der Waals surface area contributed by atoms with E-state index in [2.05, 4.69) is 45.0 Å². The topological polar surface area (TPSA) is 41.6 Å². The summed E-state index contributed by atoms with van der Waals surface area (Å²) in [6.45, 7) is 15.8. The third kappa shape index (κ3) is 5.06. The van der Waals surface area contributed by atoms with Gasteiger partial charge in [0.1, 0.15) is 5.54 Å². The van der Waals surface area contributed by atoms with Crippen molar-refractivity contribution in [2.45, 2.75) is 78.4 Å². The SMILES string of the molecule is CCNC(C)(CC(C)N(C)C(C)(C)CC)C(=O)OCC. The van der Waals surface area contributed by atoms with Crippen LogP contribution in [0.3, 0.4) is 0 Å². The summed E-state index contributed by atoms with van der Waals surface area (Å²) >= 11 is 0. The molecule has 120 valence electrons. The average molecular weight is 286 g/mol. The highest BCUT2D eigenvalue weighted by Crippen LogP contribution is 2.24. The van der Waals surface area contributed by atoms with E-state index in [0.29, 0.717) is 12.6 Å². The van der Waals surface area contributed by atoms with Crippen LogP contribution in [0, 0.1) is 0 Å². The minimum Gasteiger partial charge on any atom is -0.465 e. The molecule has 0 aromatic carbocycles. The van der Waals surface area contributed by atoms with E-state index >= 15 is 0 Å². The van der Waals surface area contributed by atoms with Gasteiger partial charge in [-0.15, -0.1) is 0 Å². The Morgan fingerprint density at radius 1 is 1.25 bits per heavy atom. The van der Waals surface area contributed by atoms with Gasteiger partial charge in [0.25, 0.3) is 0 Å². The van der Waals surface area contributed by atoms with Crippen LogP contribution in [0.5, 0.6) is 0 Å². The van der Waals surface area contributed by atoms with E-state index < -0.39 is 5.54 Å². The lowest BCUT2D eigenvalue weighted by molar-refractivity contribution is -0.151. The minimum absolute atomic E-state index is 0.126. The number of nitrogens with zero attached hydrogens (tertiary/aromatic N) is 1. The van der Waals surface area contributed by atoms with Crippen molar-refractivity contribution in [2.75, 3.05) is 20.2 Å². The largest absolute Gasteiger partial charge is 0.465 e. The summed E-state index contributed by atoms with van der Waals surface area (Å²) in [7, 11) is 2.13. The summed E-state index contributed by atoms with van der Waals surface area (Å²) in [5.74, 6) is -0.156. The molecule has 0 heterocycles. The Bertz CT molecular complexity index is 305. The molecule has 4 nitrogen and oxygen atoms in total. The van der Waals surface area contributed by atoms with Crippen LogP contribution in [0.25, 0.3) is 0 Å². The minimum atomic E-state index is -0.623. The monoisotopic (exact) mass is 286 g/mol. The molecule has 0 aromatic heterocycles. The van der Waals surface area contributed by atoms with Crippen molar-refractivity contribution in [2.24, 2.45) is 0 Å². The lowest BCUT2D eigenvalue weighted by Crippen LogP contribution is -2.56. The van der Waals surface area contributed by atoms with E-state index in [4.69, 9.17) is 4.74 Å². The van der Waals surface area contributed by atoms with Gasteiger partial charge >= 0.3 is 5.97 Å². The van der Waals surface area contributed by atoms with Crippen molar-refractivity contribution in [1.29, 1.82) is 0 Å². The quantitative estimate of drug-likeness (QED) is 0.662. The molecule has 0 aromatic rings. The number of ether oxygens (including phenoxy) is 1. The maximum Gasteiger partial charge on any atom is 0.326 e. The first-order valence-electron chi connectivity index (χ1n) is 7.79. The Morgan fingerprint density at radius 2 is 1.80 bits per heavy atom. The first-order valence-corrected chi connectivity index (χ1v) is 7.79. The number of hydrogen-bond acceptors (Lipinski definition) is 4. The van der Waals surface area contributed by atoms with Crippen LogP contribution in [0.2, 0.25) is 0 Å². The van der Waals surface area contributed by atoms with Crippen LogP contribution >= 0.6 is 0 Å². The number of carbonyl (C=O) groups excluding carboxylic acids is 1. The van der Waals surface area contributed by atoms with Gasteiger partial charge in [-0.25, -0.2) is 0 Å². The van der Waals surface area contributed by atoms with E-state index in [0.717, 1.165) is 19.4 Å². The fraction of sp³-hybridized carbons (Fsp3) is 0.938. The van der Waals surface area contributed by atoms with Crippen molar-refractivity contribution in [1.82, 2.24) is 10.2 Å². The molecule has 4 heteroatoms. The summed E-state index contributed by atoms with van der Waals surface area (Å²) in [6.07, 6.45) is 1.81. The average Bonchev–Trinajstić information content (AvgIpc) is 2.38. The normalized spacial score (nSPS) is 16.9. The highest BCUT2D eigenvalue weighted by atomic mass is 16.5. The Balaban J connectivity index is 4.95. The molecule has 0 fully saturated rings. The Labute approximate surface area is 125 Å². The fourth-order valence-corrected chi connectivity index (χ4v) is 2.48. The number of hydrogen-bond donors (Lipinski definition) is 1. The molecule has 0 spiro atoms. The van der Waals surface area contributed by atoms with Crippen LogP contribution in [0.1, 0.15) is 61.3 Å². The van der Waals surface area contributed by atoms with Gasteiger partial charge in [-0.1, -0.05) is 13.8 Å². The summed E-state index contributed by atoms with van der Waals surface area (Å²) in [5.41, 5.74) is -0.497. The molecular formula is C16H34N2O2. The van der Waals surface area contributed by atoms with Crippen molar-refractivity contribution in [3.8, 4) is 0 Å². The van der Waals surface area contributed by atoms with Gasteiger partial charge in [-0.3, -0.25) is 9.69 Å².